The van der Waals surface area contributed by atoms with Crippen molar-refractivity contribution in [2.24, 2.45) is 5.73 Å². The van der Waals surface area contributed by atoms with Crippen molar-refractivity contribution in [3.8, 4) is 0 Å². The number of pyridine rings is 1. The monoisotopic (exact) mass is 302 g/mol. The van der Waals surface area contributed by atoms with Crippen molar-refractivity contribution in [2.75, 3.05) is 0 Å². The molecule has 1 aromatic heterocycles. The van der Waals surface area contributed by atoms with Crippen LogP contribution in [-0.4, -0.2) is 4.57 Å². The molecular weight excluding hydrogens is 279 g/mol. The van der Waals surface area contributed by atoms with Crippen LogP contribution < -0.4 is 11.3 Å². The van der Waals surface area contributed by atoms with E-state index in [1.54, 1.807) is 22.8 Å². The molecule has 1 atom stereocenters. The fourth-order valence-electron chi connectivity index (χ4n) is 2.67. The second-order valence-electron chi connectivity index (χ2n) is 6.17. The van der Waals surface area contributed by atoms with Gasteiger partial charge in [0.1, 0.15) is 5.82 Å². The summed E-state index contributed by atoms with van der Waals surface area (Å²) in [6, 6.07) is 9.22. The molecule has 0 bridgehead atoms. The molecule has 118 valence electrons. The van der Waals surface area contributed by atoms with E-state index in [9.17, 15) is 9.18 Å². The molecule has 2 aromatic rings. The van der Waals surface area contributed by atoms with Crippen LogP contribution in [0.15, 0.2) is 41.2 Å². The fourth-order valence-corrected chi connectivity index (χ4v) is 2.67. The molecule has 1 unspecified atom stereocenters. The van der Waals surface area contributed by atoms with Gasteiger partial charge in [0.25, 0.3) is 5.56 Å². The minimum absolute atomic E-state index is 0.0604. The van der Waals surface area contributed by atoms with Crippen molar-refractivity contribution < 1.29 is 4.39 Å². The van der Waals surface area contributed by atoms with Gasteiger partial charge in [-0.3, -0.25) is 4.79 Å². The molecule has 1 aromatic carbocycles. The van der Waals surface area contributed by atoms with Gasteiger partial charge in [0.05, 0.1) is 6.04 Å². The average molecular weight is 302 g/mol. The van der Waals surface area contributed by atoms with Crippen LogP contribution in [0.5, 0.6) is 0 Å². The first-order valence-electron chi connectivity index (χ1n) is 7.59. The first-order valence-corrected chi connectivity index (χ1v) is 7.59. The van der Waals surface area contributed by atoms with E-state index in [4.69, 9.17) is 5.73 Å². The third-order valence-electron chi connectivity index (χ3n) is 3.85. The number of halogens is 1. The minimum Gasteiger partial charge on any atom is -0.320 e. The van der Waals surface area contributed by atoms with Crippen molar-refractivity contribution >= 4 is 0 Å². The van der Waals surface area contributed by atoms with E-state index in [0.29, 0.717) is 5.56 Å². The largest absolute Gasteiger partial charge is 0.320 e. The summed E-state index contributed by atoms with van der Waals surface area (Å²) in [4.78, 5) is 12.8. The van der Waals surface area contributed by atoms with E-state index in [2.05, 4.69) is 13.8 Å². The third kappa shape index (κ3) is 3.12. The van der Waals surface area contributed by atoms with Crippen LogP contribution in [0, 0.1) is 5.82 Å². The Morgan fingerprint density at radius 2 is 1.59 bits per heavy atom. The van der Waals surface area contributed by atoms with Crippen molar-refractivity contribution in [1.82, 2.24) is 4.57 Å². The van der Waals surface area contributed by atoms with Crippen LogP contribution in [0.4, 0.5) is 4.39 Å². The maximum Gasteiger partial charge on any atom is 0.256 e. The standard InChI is InChI=1S/C18H23FN2O/c1-11(2)16-10-9-15(18(22)21(16)12(3)4)17(20)13-5-7-14(19)8-6-13/h5-12,17H,20H2,1-4H3. The van der Waals surface area contributed by atoms with Gasteiger partial charge in [0, 0.05) is 17.3 Å². The Morgan fingerprint density at radius 1 is 1.00 bits per heavy atom. The zero-order chi connectivity index (χ0) is 16.4. The highest BCUT2D eigenvalue weighted by Crippen LogP contribution is 2.21. The Balaban J connectivity index is 2.54. The molecule has 0 radical (unpaired) electrons. The highest BCUT2D eigenvalue weighted by atomic mass is 19.1. The molecule has 2 rings (SSSR count). The van der Waals surface area contributed by atoms with E-state index in [1.807, 2.05) is 19.9 Å². The lowest BCUT2D eigenvalue weighted by molar-refractivity contribution is 0.528. The molecule has 0 aliphatic heterocycles. The Kier molecular flexibility index (Phi) is 4.81. The zero-order valence-electron chi connectivity index (χ0n) is 13.5. The normalized spacial score (nSPS) is 12.9. The fraction of sp³-hybridized carbons (Fsp3) is 0.389. The topological polar surface area (TPSA) is 48.0 Å². The van der Waals surface area contributed by atoms with Crippen molar-refractivity contribution in [3.05, 3.63) is 69.4 Å². The quantitative estimate of drug-likeness (QED) is 0.935. The van der Waals surface area contributed by atoms with Gasteiger partial charge in [-0.2, -0.15) is 0 Å². The number of nitrogens with zero attached hydrogens (tertiary/aromatic N) is 1. The molecule has 22 heavy (non-hydrogen) atoms. The molecule has 0 amide bonds. The van der Waals surface area contributed by atoms with Gasteiger partial charge in [-0.1, -0.05) is 26.0 Å². The van der Waals surface area contributed by atoms with Gasteiger partial charge >= 0.3 is 0 Å². The van der Waals surface area contributed by atoms with Crippen LogP contribution in [-0.2, 0) is 0 Å². The number of hydrogen-bond donors (Lipinski definition) is 1. The molecule has 1 heterocycles. The predicted molar refractivity (Wildman–Crippen MR) is 87.6 cm³/mol. The van der Waals surface area contributed by atoms with Crippen LogP contribution in [0.2, 0.25) is 0 Å². The maximum absolute atomic E-state index is 13.0. The third-order valence-corrected chi connectivity index (χ3v) is 3.85. The summed E-state index contributed by atoms with van der Waals surface area (Å²) >= 11 is 0. The van der Waals surface area contributed by atoms with Crippen LogP contribution in [0.1, 0.15) is 62.5 Å². The summed E-state index contributed by atoms with van der Waals surface area (Å²) in [5, 5.41) is 0. The van der Waals surface area contributed by atoms with Crippen LogP contribution >= 0.6 is 0 Å². The molecule has 0 saturated heterocycles. The maximum atomic E-state index is 13.0. The van der Waals surface area contributed by atoms with Gasteiger partial charge in [0.15, 0.2) is 0 Å². The Morgan fingerprint density at radius 3 is 2.09 bits per heavy atom. The van der Waals surface area contributed by atoms with Gasteiger partial charge in [-0.05, 0) is 49.6 Å². The molecule has 2 N–H and O–H groups in total. The molecule has 0 saturated carbocycles. The average Bonchev–Trinajstić information content (AvgIpc) is 2.46. The molecule has 0 aliphatic carbocycles. The second-order valence-corrected chi connectivity index (χ2v) is 6.17. The molecule has 0 aliphatic rings. The summed E-state index contributed by atoms with van der Waals surface area (Å²) in [6.07, 6.45) is 0. The summed E-state index contributed by atoms with van der Waals surface area (Å²) in [6.45, 7) is 8.10. The number of rotatable bonds is 4. The number of benzene rings is 1. The number of aromatic nitrogens is 1. The van der Waals surface area contributed by atoms with Gasteiger partial charge < -0.3 is 10.3 Å². The predicted octanol–water partition coefficient (Wildman–Crippen LogP) is 3.74. The lowest BCUT2D eigenvalue weighted by atomic mass is 9.98. The summed E-state index contributed by atoms with van der Waals surface area (Å²) in [7, 11) is 0. The second kappa shape index (κ2) is 6.44. The SMILES string of the molecule is CC(C)c1ccc(C(N)c2ccc(F)cc2)c(=O)n1C(C)C. The Bertz CT molecular complexity index is 702. The smallest absolute Gasteiger partial charge is 0.256 e. The lowest BCUT2D eigenvalue weighted by Gasteiger charge is -2.22. The number of nitrogens with two attached hydrogens (primary N) is 1. The molecule has 3 nitrogen and oxygen atoms in total. The molecule has 0 spiro atoms. The summed E-state index contributed by atoms with van der Waals surface area (Å²) in [5.41, 5.74) is 8.41. The first-order chi connectivity index (χ1) is 10.3. The summed E-state index contributed by atoms with van der Waals surface area (Å²) < 4.78 is 14.8. The Hall–Kier alpha value is -1.94. The Labute approximate surface area is 130 Å². The van der Waals surface area contributed by atoms with Crippen LogP contribution in [0.25, 0.3) is 0 Å². The summed E-state index contributed by atoms with van der Waals surface area (Å²) in [5.74, 6) is -0.0584. The lowest BCUT2D eigenvalue weighted by Crippen LogP contribution is -2.32. The molecule has 0 fully saturated rings. The minimum atomic E-state index is -0.556. The van der Waals surface area contributed by atoms with E-state index < -0.39 is 6.04 Å². The van der Waals surface area contributed by atoms with Gasteiger partial charge in [-0.15, -0.1) is 0 Å². The first kappa shape index (κ1) is 16.4. The van der Waals surface area contributed by atoms with E-state index in [1.165, 1.54) is 12.1 Å². The van der Waals surface area contributed by atoms with Gasteiger partial charge in [0.2, 0.25) is 0 Å². The highest BCUT2D eigenvalue weighted by molar-refractivity contribution is 5.31. The van der Waals surface area contributed by atoms with E-state index in [0.717, 1.165) is 11.3 Å². The van der Waals surface area contributed by atoms with Crippen LogP contribution in [0.3, 0.4) is 0 Å². The van der Waals surface area contributed by atoms with Crippen molar-refractivity contribution in [2.45, 2.75) is 45.7 Å². The zero-order valence-corrected chi connectivity index (χ0v) is 13.5. The molecule has 4 heteroatoms. The molecular formula is C18H23FN2O. The van der Waals surface area contributed by atoms with Crippen molar-refractivity contribution in [1.29, 1.82) is 0 Å². The van der Waals surface area contributed by atoms with Crippen molar-refractivity contribution in [3.63, 3.8) is 0 Å². The van der Waals surface area contributed by atoms with Gasteiger partial charge in [-0.25, -0.2) is 4.39 Å². The number of hydrogen-bond acceptors (Lipinski definition) is 2. The van der Waals surface area contributed by atoms with E-state index >= 15 is 0 Å². The van der Waals surface area contributed by atoms with E-state index in [-0.39, 0.29) is 23.3 Å². The highest BCUT2D eigenvalue weighted by Gasteiger charge is 2.18.